The van der Waals surface area contributed by atoms with Crippen LogP contribution in [0.5, 0.6) is 0 Å². The zero-order valence-corrected chi connectivity index (χ0v) is 9.87. The third kappa shape index (κ3) is 2.35. The standard InChI is InChI=1S/C13H19NO2/c1-2-3-9-16-10-11-6-7-12-13(15)5-4-8-14(11)12/h6-7H,2-5,8-10H2,1H3. The molecule has 0 spiro atoms. The zero-order valence-electron chi connectivity index (χ0n) is 9.87. The van der Waals surface area contributed by atoms with Gasteiger partial charge in [-0.3, -0.25) is 4.79 Å². The quantitative estimate of drug-likeness (QED) is 0.716. The third-order valence-corrected chi connectivity index (χ3v) is 3.03. The van der Waals surface area contributed by atoms with Crippen molar-refractivity contribution in [1.82, 2.24) is 4.57 Å². The minimum absolute atomic E-state index is 0.269. The second-order valence-corrected chi connectivity index (χ2v) is 4.29. The molecule has 0 unspecified atom stereocenters. The Labute approximate surface area is 96.4 Å². The summed E-state index contributed by atoms with van der Waals surface area (Å²) in [4.78, 5) is 11.6. The first kappa shape index (κ1) is 11.4. The minimum Gasteiger partial charge on any atom is -0.375 e. The Morgan fingerprint density at radius 1 is 1.44 bits per heavy atom. The van der Waals surface area contributed by atoms with Crippen LogP contribution in [0.3, 0.4) is 0 Å². The molecule has 2 heterocycles. The summed E-state index contributed by atoms with van der Waals surface area (Å²) in [6.07, 6.45) is 3.92. The van der Waals surface area contributed by atoms with Gasteiger partial charge in [-0.25, -0.2) is 0 Å². The van der Waals surface area contributed by atoms with Gasteiger partial charge in [-0.1, -0.05) is 13.3 Å². The van der Waals surface area contributed by atoms with Crippen molar-refractivity contribution in [2.45, 2.75) is 45.8 Å². The summed E-state index contributed by atoms with van der Waals surface area (Å²) >= 11 is 0. The molecule has 3 nitrogen and oxygen atoms in total. The van der Waals surface area contributed by atoms with E-state index in [0.717, 1.165) is 43.8 Å². The van der Waals surface area contributed by atoms with E-state index in [1.165, 1.54) is 0 Å². The van der Waals surface area contributed by atoms with Crippen molar-refractivity contribution < 1.29 is 9.53 Å². The molecule has 1 aliphatic heterocycles. The molecule has 0 amide bonds. The molecule has 2 rings (SSSR count). The molecular formula is C13H19NO2. The molecule has 0 aliphatic carbocycles. The summed E-state index contributed by atoms with van der Waals surface area (Å²) in [7, 11) is 0. The highest BCUT2D eigenvalue weighted by molar-refractivity contribution is 5.95. The molecule has 0 radical (unpaired) electrons. The van der Waals surface area contributed by atoms with Gasteiger partial charge in [0.15, 0.2) is 5.78 Å². The lowest BCUT2D eigenvalue weighted by Gasteiger charge is -2.17. The van der Waals surface area contributed by atoms with Crippen LogP contribution in [0.25, 0.3) is 0 Å². The molecule has 1 aromatic rings. The largest absolute Gasteiger partial charge is 0.375 e. The summed E-state index contributed by atoms with van der Waals surface area (Å²) in [5.74, 6) is 0.269. The van der Waals surface area contributed by atoms with Gasteiger partial charge >= 0.3 is 0 Å². The lowest BCUT2D eigenvalue weighted by molar-refractivity contribution is 0.0943. The van der Waals surface area contributed by atoms with E-state index in [1.807, 2.05) is 12.1 Å². The number of hydrogen-bond donors (Lipinski definition) is 0. The van der Waals surface area contributed by atoms with Crippen LogP contribution >= 0.6 is 0 Å². The van der Waals surface area contributed by atoms with Gasteiger partial charge in [-0.15, -0.1) is 0 Å². The van der Waals surface area contributed by atoms with Crippen LogP contribution in [0.1, 0.15) is 48.8 Å². The maximum atomic E-state index is 11.6. The van der Waals surface area contributed by atoms with Crippen molar-refractivity contribution in [3.05, 3.63) is 23.5 Å². The number of aromatic nitrogens is 1. The van der Waals surface area contributed by atoms with E-state index in [1.54, 1.807) is 0 Å². The molecular weight excluding hydrogens is 202 g/mol. The zero-order chi connectivity index (χ0) is 11.4. The number of unbranched alkanes of at least 4 members (excludes halogenated alkanes) is 1. The van der Waals surface area contributed by atoms with Crippen LogP contribution in [0.4, 0.5) is 0 Å². The van der Waals surface area contributed by atoms with Crippen molar-refractivity contribution in [3.63, 3.8) is 0 Å². The molecule has 88 valence electrons. The van der Waals surface area contributed by atoms with Crippen molar-refractivity contribution in [2.75, 3.05) is 6.61 Å². The first-order chi connectivity index (χ1) is 7.83. The second kappa shape index (κ2) is 5.30. The van der Waals surface area contributed by atoms with E-state index in [2.05, 4.69) is 11.5 Å². The highest BCUT2D eigenvalue weighted by Crippen LogP contribution is 2.19. The topological polar surface area (TPSA) is 31.2 Å². The predicted molar refractivity (Wildman–Crippen MR) is 62.6 cm³/mol. The number of carbonyl (C=O) groups excluding carboxylic acids is 1. The number of carbonyl (C=O) groups is 1. The van der Waals surface area contributed by atoms with Gasteiger partial charge in [0.05, 0.1) is 12.3 Å². The second-order valence-electron chi connectivity index (χ2n) is 4.29. The van der Waals surface area contributed by atoms with Gasteiger partial charge < -0.3 is 9.30 Å². The van der Waals surface area contributed by atoms with Gasteiger partial charge in [0.1, 0.15) is 0 Å². The maximum Gasteiger partial charge on any atom is 0.179 e. The molecule has 0 atom stereocenters. The van der Waals surface area contributed by atoms with Crippen molar-refractivity contribution in [3.8, 4) is 0 Å². The van der Waals surface area contributed by atoms with Gasteiger partial charge in [-0.05, 0) is 25.0 Å². The molecule has 0 saturated heterocycles. The molecule has 1 aliphatic rings. The van der Waals surface area contributed by atoms with Crippen molar-refractivity contribution >= 4 is 5.78 Å². The Bertz CT molecular complexity index is 368. The van der Waals surface area contributed by atoms with Crippen LogP contribution in [0.2, 0.25) is 0 Å². The van der Waals surface area contributed by atoms with Crippen molar-refractivity contribution in [2.24, 2.45) is 0 Å². The van der Waals surface area contributed by atoms with Gasteiger partial charge in [0.2, 0.25) is 0 Å². The first-order valence-corrected chi connectivity index (χ1v) is 6.12. The highest BCUT2D eigenvalue weighted by Gasteiger charge is 2.18. The molecule has 0 aromatic carbocycles. The molecule has 0 saturated carbocycles. The molecule has 0 N–H and O–H groups in total. The van der Waals surface area contributed by atoms with Crippen molar-refractivity contribution in [1.29, 1.82) is 0 Å². The number of rotatable bonds is 5. The Kier molecular flexibility index (Phi) is 3.78. The fourth-order valence-corrected chi connectivity index (χ4v) is 2.09. The predicted octanol–water partition coefficient (Wildman–Crippen LogP) is 2.78. The minimum atomic E-state index is 0.269. The van der Waals surface area contributed by atoms with E-state index >= 15 is 0 Å². The van der Waals surface area contributed by atoms with Crippen LogP contribution in [0.15, 0.2) is 12.1 Å². The summed E-state index contributed by atoms with van der Waals surface area (Å²) < 4.78 is 7.70. The monoisotopic (exact) mass is 221 g/mol. The third-order valence-electron chi connectivity index (χ3n) is 3.03. The van der Waals surface area contributed by atoms with E-state index in [0.29, 0.717) is 13.0 Å². The van der Waals surface area contributed by atoms with E-state index in [4.69, 9.17) is 4.74 Å². The fraction of sp³-hybridized carbons (Fsp3) is 0.615. The van der Waals surface area contributed by atoms with E-state index < -0.39 is 0 Å². The average molecular weight is 221 g/mol. The SMILES string of the molecule is CCCCOCc1ccc2n1CCCC2=O. The Morgan fingerprint density at radius 2 is 2.31 bits per heavy atom. The molecule has 0 bridgehead atoms. The summed E-state index contributed by atoms with van der Waals surface area (Å²) in [5, 5.41) is 0. The number of fused-ring (bicyclic) bond motifs is 1. The number of nitrogens with zero attached hydrogens (tertiary/aromatic N) is 1. The normalized spacial score (nSPS) is 15.2. The van der Waals surface area contributed by atoms with Gasteiger partial charge in [0.25, 0.3) is 0 Å². The number of ketones is 1. The summed E-state index contributed by atoms with van der Waals surface area (Å²) in [6, 6.07) is 3.95. The number of ether oxygens (including phenoxy) is 1. The summed E-state index contributed by atoms with van der Waals surface area (Å²) in [6.45, 7) is 4.56. The number of hydrogen-bond acceptors (Lipinski definition) is 2. The number of Topliss-reactive ketones (excluding diaryl/α,β-unsaturated/α-hetero) is 1. The Morgan fingerprint density at radius 3 is 3.12 bits per heavy atom. The van der Waals surface area contributed by atoms with E-state index in [-0.39, 0.29) is 5.78 Å². The first-order valence-electron chi connectivity index (χ1n) is 6.12. The average Bonchev–Trinajstić information content (AvgIpc) is 2.70. The maximum absolute atomic E-state index is 11.6. The van der Waals surface area contributed by atoms with Crippen LogP contribution in [0, 0.1) is 0 Å². The van der Waals surface area contributed by atoms with Gasteiger partial charge in [0, 0.05) is 25.3 Å². The molecule has 16 heavy (non-hydrogen) atoms. The smallest absolute Gasteiger partial charge is 0.179 e. The summed E-state index contributed by atoms with van der Waals surface area (Å²) in [5.41, 5.74) is 2.00. The lowest BCUT2D eigenvalue weighted by atomic mass is 10.1. The molecule has 0 fully saturated rings. The van der Waals surface area contributed by atoms with Gasteiger partial charge in [-0.2, -0.15) is 0 Å². The molecule has 3 heteroatoms. The fourth-order valence-electron chi connectivity index (χ4n) is 2.09. The van der Waals surface area contributed by atoms with Crippen LogP contribution < -0.4 is 0 Å². The van der Waals surface area contributed by atoms with Crippen LogP contribution in [-0.2, 0) is 17.9 Å². The highest BCUT2D eigenvalue weighted by atomic mass is 16.5. The lowest BCUT2D eigenvalue weighted by Crippen LogP contribution is -2.18. The molecule has 1 aromatic heterocycles. The Balaban J connectivity index is 1.97. The Hall–Kier alpha value is -1.09. The van der Waals surface area contributed by atoms with E-state index in [9.17, 15) is 4.79 Å². The van der Waals surface area contributed by atoms with Crippen LogP contribution in [-0.4, -0.2) is 17.0 Å².